The molecule has 2 aromatic carbocycles. The van der Waals surface area contributed by atoms with Crippen LogP contribution in [0.15, 0.2) is 52.1 Å². The van der Waals surface area contributed by atoms with Crippen LogP contribution in [0.5, 0.6) is 11.5 Å². The van der Waals surface area contributed by atoms with E-state index in [2.05, 4.69) is 16.3 Å². The summed E-state index contributed by atoms with van der Waals surface area (Å²) >= 11 is 1.22. The third-order valence-corrected chi connectivity index (χ3v) is 5.36. The second kappa shape index (κ2) is 7.93. The maximum Gasteiger partial charge on any atom is 0.277 e. The third-order valence-electron chi connectivity index (χ3n) is 4.56. The zero-order chi connectivity index (χ0) is 19.5. The Morgan fingerprint density at radius 1 is 1.11 bits per heavy atom. The maximum absolute atomic E-state index is 12.6. The van der Waals surface area contributed by atoms with Gasteiger partial charge in [-0.2, -0.15) is 0 Å². The van der Waals surface area contributed by atoms with Gasteiger partial charge in [0.1, 0.15) is 17.1 Å². The molecule has 144 valence electrons. The lowest BCUT2D eigenvalue weighted by Crippen LogP contribution is -2.30. The van der Waals surface area contributed by atoms with Crippen LogP contribution >= 0.6 is 11.8 Å². The van der Waals surface area contributed by atoms with Crippen molar-refractivity contribution in [1.29, 1.82) is 0 Å². The number of thioether (sulfide) groups is 1. The molecule has 1 aliphatic heterocycles. The van der Waals surface area contributed by atoms with Gasteiger partial charge in [-0.05, 0) is 30.2 Å². The molecule has 0 unspecified atom stereocenters. The zero-order valence-corrected chi connectivity index (χ0v) is 16.4. The highest BCUT2D eigenvalue weighted by atomic mass is 32.2. The standard InChI is InChI=1S/C20H19N3O4S/c1-25-15-8-5-9-16(26-2)18(15)19-21-22-20(27-19)28-12-17(24)23-11-10-13-6-3-4-7-14(13)23/h3-9H,10-12H2,1-2H3. The Labute approximate surface area is 166 Å². The van der Waals surface area contributed by atoms with Gasteiger partial charge in [-0.25, -0.2) is 0 Å². The van der Waals surface area contributed by atoms with E-state index >= 15 is 0 Å². The van der Waals surface area contributed by atoms with Crippen LogP contribution in [0, 0.1) is 0 Å². The van der Waals surface area contributed by atoms with E-state index in [-0.39, 0.29) is 17.6 Å². The average molecular weight is 397 g/mol. The number of anilines is 1. The summed E-state index contributed by atoms with van der Waals surface area (Å²) in [5, 5.41) is 8.47. The number of aromatic nitrogens is 2. The summed E-state index contributed by atoms with van der Waals surface area (Å²) < 4.78 is 16.5. The van der Waals surface area contributed by atoms with Crippen LogP contribution in [0.3, 0.4) is 0 Å². The van der Waals surface area contributed by atoms with Gasteiger partial charge in [0, 0.05) is 12.2 Å². The number of hydrogen-bond donors (Lipinski definition) is 0. The van der Waals surface area contributed by atoms with Gasteiger partial charge in [-0.3, -0.25) is 4.79 Å². The normalized spacial score (nSPS) is 12.7. The minimum Gasteiger partial charge on any atom is -0.496 e. The fraction of sp³-hybridized carbons (Fsp3) is 0.250. The Balaban J connectivity index is 1.47. The lowest BCUT2D eigenvalue weighted by molar-refractivity contribution is -0.116. The summed E-state index contributed by atoms with van der Waals surface area (Å²) in [6.07, 6.45) is 0.880. The van der Waals surface area contributed by atoms with Crippen molar-refractivity contribution in [2.24, 2.45) is 0 Å². The number of amides is 1. The number of ether oxygens (including phenoxy) is 2. The monoisotopic (exact) mass is 397 g/mol. The van der Waals surface area contributed by atoms with Crippen LogP contribution in [0.1, 0.15) is 5.56 Å². The molecular formula is C20H19N3O4S. The molecule has 8 heteroatoms. The predicted molar refractivity (Wildman–Crippen MR) is 106 cm³/mol. The molecule has 1 aliphatic rings. The number of fused-ring (bicyclic) bond motifs is 1. The Bertz CT molecular complexity index is 982. The lowest BCUT2D eigenvalue weighted by atomic mass is 10.2. The highest BCUT2D eigenvalue weighted by Crippen LogP contribution is 2.38. The van der Waals surface area contributed by atoms with E-state index < -0.39 is 0 Å². The van der Waals surface area contributed by atoms with Gasteiger partial charge in [-0.15, -0.1) is 10.2 Å². The van der Waals surface area contributed by atoms with Crippen LogP contribution in [-0.2, 0) is 11.2 Å². The lowest BCUT2D eigenvalue weighted by Gasteiger charge is -2.16. The first-order valence-electron chi connectivity index (χ1n) is 8.77. The van der Waals surface area contributed by atoms with Crippen LogP contribution in [0.2, 0.25) is 0 Å². The molecule has 1 amide bonds. The summed E-state index contributed by atoms with van der Waals surface area (Å²) in [7, 11) is 3.13. The summed E-state index contributed by atoms with van der Waals surface area (Å²) in [5.74, 6) is 1.67. The third kappa shape index (κ3) is 3.43. The topological polar surface area (TPSA) is 77.7 Å². The van der Waals surface area contributed by atoms with E-state index in [1.54, 1.807) is 26.4 Å². The van der Waals surface area contributed by atoms with Crippen molar-refractivity contribution in [3.63, 3.8) is 0 Å². The molecule has 0 fully saturated rings. The van der Waals surface area contributed by atoms with Crippen molar-refractivity contribution in [3.8, 4) is 23.0 Å². The molecule has 0 saturated carbocycles. The molecule has 0 radical (unpaired) electrons. The van der Waals surface area contributed by atoms with Crippen molar-refractivity contribution in [2.75, 3.05) is 31.4 Å². The molecule has 2 heterocycles. The van der Waals surface area contributed by atoms with Crippen LogP contribution in [0.25, 0.3) is 11.5 Å². The van der Waals surface area contributed by atoms with Crippen molar-refractivity contribution >= 4 is 23.4 Å². The van der Waals surface area contributed by atoms with E-state index in [0.29, 0.717) is 28.8 Å². The summed E-state index contributed by atoms with van der Waals surface area (Å²) in [6.45, 7) is 0.701. The first-order valence-corrected chi connectivity index (χ1v) is 9.75. The van der Waals surface area contributed by atoms with Gasteiger partial charge < -0.3 is 18.8 Å². The zero-order valence-electron chi connectivity index (χ0n) is 15.5. The molecule has 28 heavy (non-hydrogen) atoms. The van der Waals surface area contributed by atoms with E-state index in [9.17, 15) is 4.79 Å². The molecule has 0 N–H and O–H groups in total. The second-order valence-electron chi connectivity index (χ2n) is 6.12. The molecule has 1 aromatic heterocycles. The highest BCUT2D eigenvalue weighted by Gasteiger charge is 2.25. The molecule has 4 rings (SSSR count). The fourth-order valence-electron chi connectivity index (χ4n) is 3.23. The van der Waals surface area contributed by atoms with E-state index in [4.69, 9.17) is 13.9 Å². The number of methoxy groups -OCH3 is 2. The van der Waals surface area contributed by atoms with Crippen LogP contribution < -0.4 is 14.4 Å². The minimum absolute atomic E-state index is 0.0181. The number of nitrogens with zero attached hydrogens (tertiary/aromatic N) is 3. The minimum atomic E-state index is 0.0181. The van der Waals surface area contributed by atoms with Gasteiger partial charge in [-0.1, -0.05) is 36.0 Å². The average Bonchev–Trinajstić information content (AvgIpc) is 3.38. The van der Waals surface area contributed by atoms with Crippen LogP contribution in [-0.4, -0.2) is 42.6 Å². The summed E-state index contributed by atoms with van der Waals surface area (Å²) in [5.41, 5.74) is 2.77. The molecule has 0 saturated heterocycles. The van der Waals surface area contributed by atoms with Gasteiger partial charge in [0.2, 0.25) is 5.91 Å². The number of rotatable bonds is 6. The molecule has 3 aromatic rings. The van der Waals surface area contributed by atoms with Gasteiger partial charge in [0.05, 0.1) is 20.0 Å². The predicted octanol–water partition coefficient (Wildman–Crippen LogP) is 3.44. The molecular weight excluding hydrogens is 378 g/mol. The highest BCUT2D eigenvalue weighted by molar-refractivity contribution is 7.99. The van der Waals surface area contributed by atoms with Crippen LogP contribution in [0.4, 0.5) is 5.69 Å². The number of para-hydroxylation sites is 1. The van der Waals surface area contributed by atoms with E-state index in [0.717, 1.165) is 12.1 Å². The van der Waals surface area contributed by atoms with Crippen molar-refractivity contribution < 1.29 is 18.7 Å². The van der Waals surface area contributed by atoms with E-state index in [1.165, 1.54) is 17.3 Å². The molecule has 0 spiro atoms. The Hall–Kier alpha value is -3.00. The van der Waals surface area contributed by atoms with Gasteiger partial charge in [0.25, 0.3) is 11.1 Å². The number of carbonyl (C=O) groups excluding carboxylic acids is 1. The summed E-state index contributed by atoms with van der Waals surface area (Å²) in [6, 6.07) is 13.4. The SMILES string of the molecule is COc1cccc(OC)c1-c1nnc(SCC(=O)N2CCc3ccccc32)o1. The largest absolute Gasteiger partial charge is 0.496 e. The molecule has 0 aliphatic carbocycles. The number of carbonyl (C=O) groups is 1. The molecule has 7 nitrogen and oxygen atoms in total. The number of benzene rings is 2. The summed E-state index contributed by atoms with van der Waals surface area (Å²) in [4.78, 5) is 14.4. The quantitative estimate of drug-likeness (QED) is 0.590. The first-order chi connectivity index (χ1) is 13.7. The van der Waals surface area contributed by atoms with Gasteiger partial charge >= 0.3 is 0 Å². The Morgan fingerprint density at radius 2 is 1.86 bits per heavy atom. The maximum atomic E-state index is 12.6. The molecule has 0 atom stereocenters. The van der Waals surface area contributed by atoms with Gasteiger partial charge in [0.15, 0.2) is 0 Å². The smallest absolute Gasteiger partial charge is 0.277 e. The Morgan fingerprint density at radius 3 is 2.61 bits per heavy atom. The number of hydrogen-bond acceptors (Lipinski definition) is 7. The van der Waals surface area contributed by atoms with E-state index in [1.807, 2.05) is 29.2 Å². The first kappa shape index (κ1) is 18.4. The van der Waals surface area contributed by atoms with Crippen molar-refractivity contribution in [3.05, 3.63) is 48.0 Å². The molecule has 0 bridgehead atoms. The second-order valence-corrected chi connectivity index (χ2v) is 7.05. The fourth-order valence-corrected chi connectivity index (χ4v) is 3.87. The Kier molecular flexibility index (Phi) is 5.21. The van der Waals surface area contributed by atoms with Crippen molar-refractivity contribution in [1.82, 2.24) is 10.2 Å². The van der Waals surface area contributed by atoms with Crippen molar-refractivity contribution in [2.45, 2.75) is 11.6 Å².